The third kappa shape index (κ3) is 11.2. The summed E-state index contributed by atoms with van der Waals surface area (Å²) in [6.45, 7) is 2.58. The van der Waals surface area contributed by atoms with Gasteiger partial charge in [-0.25, -0.2) is 28.5 Å². The molecule has 55 heavy (non-hydrogen) atoms. The van der Waals surface area contributed by atoms with Crippen LogP contribution >= 0.6 is 15.6 Å². The Labute approximate surface area is 308 Å². The van der Waals surface area contributed by atoms with Crippen molar-refractivity contribution in [2.24, 2.45) is 0 Å². The molecule has 5 N–H and O–H groups in total. The number of alkyl halides is 1. The number of phosphoric acid groups is 2. The van der Waals surface area contributed by atoms with Crippen LogP contribution in [-0.2, 0) is 79.6 Å². The standard InChI is InChI=1S/C27H36FN5O20P2/c1-10(34)44-6-16(46-11(2)35)20-21(47-12(3)36)22(48-13(4)37)23(49-14(5)38)27(51-20)52-55(42,43)53-54(40,41)45-7-15-19(39)17(28)26(50-15)33-9-32-18-24(29)30-8-31-25(18)33/h8-9,15-17,19-23,26-27,39H,6-7H2,1-5H3,(H,40,41)(H,42,43)(H2,29,30,31)/t15-,16-,17-,19-,20?,21?,22?,23?,26-,27?/m1/s1. The Morgan fingerprint density at radius 1 is 0.891 bits per heavy atom. The lowest BCUT2D eigenvalue weighted by atomic mass is 9.94. The van der Waals surface area contributed by atoms with Crippen LogP contribution < -0.4 is 5.73 Å². The summed E-state index contributed by atoms with van der Waals surface area (Å²) in [7, 11) is -11.7. The maximum atomic E-state index is 15.2. The van der Waals surface area contributed by atoms with Gasteiger partial charge in [0.25, 0.3) is 0 Å². The molecule has 2 aliphatic rings. The number of nitrogens with two attached hydrogens (primary N) is 1. The van der Waals surface area contributed by atoms with Gasteiger partial charge in [-0.2, -0.15) is 4.31 Å². The van der Waals surface area contributed by atoms with Crippen molar-refractivity contribution in [3.63, 3.8) is 0 Å². The quantitative estimate of drug-likeness (QED) is 0.0976. The molecule has 2 aromatic rings. The predicted molar refractivity (Wildman–Crippen MR) is 170 cm³/mol. The van der Waals surface area contributed by atoms with Crippen molar-refractivity contribution in [2.75, 3.05) is 18.9 Å². The van der Waals surface area contributed by atoms with Crippen molar-refractivity contribution in [1.82, 2.24) is 19.5 Å². The molecule has 2 fully saturated rings. The molecular formula is C27H36FN5O20P2. The van der Waals surface area contributed by atoms with E-state index in [0.717, 1.165) is 51.8 Å². The van der Waals surface area contributed by atoms with E-state index in [9.17, 15) is 48.0 Å². The van der Waals surface area contributed by atoms with Gasteiger partial charge in [-0.1, -0.05) is 0 Å². The normalized spacial score (nSPS) is 29.3. The van der Waals surface area contributed by atoms with Crippen LogP contribution in [0, 0.1) is 0 Å². The van der Waals surface area contributed by atoms with E-state index in [1.165, 1.54) is 0 Å². The number of nitrogen functional groups attached to an aromatic ring is 1. The molecule has 0 radical (unpaired) electrons. The number of hydrogen-bond donors (Lipinski definition) is 4. The summed E-state index contributed by atoms with van der Waals surface area (Å²) in [5.41, 5.74) is 5.84. The number of nitrogens with zero attached hydrogens (tertiary/aromatic N) is 4. The molecule has 2 aliphatic heterocycles. The summed E-state index contributed by atoms with van der Waals surface area (Å²) >= 11 is 0. The van der Waals surface area contributed by atoms with Crippen LogP contribution in [0.2, 0.25) is 0 Å². The molecule has 0 spiro atoms. The van der Waals surface area contributed by atoms with Crippen molar-refractivity contribution in [2.45, 2.75) is 96.0 Å². The van der Waals surface area contributed by atoms with E-state index < -0.39 is 120 Å². The lowest BCUT2D eigenvalue weighted by Gasteiger charge is -2.45. The predicted octanol–water partition coefficient (Wildman–Crippen LogP) is -0.730. The lowest BCUT2D eigenvalue weighted by Crippen LogP contribution is -2.65. The summed E-state index contributed by atoms with van der Waals surface area (Å²) in [6, 6.07) is 0. The summed E-state index contributed by atoms with van der Waals surface area (Å²) in [5.74, 6) is -5.27. The van der Waals surface area contributed by atoms with E-state index in [-0.39, 0.29) is 17.0 Å². The highest BCUT2D eigenvalue weighted by Crippen LogP contribution is 2.62. The van der Waals surface area contributed by atoms with Gasteiger partial charge in [0.1, 0.15) is 36.8 Å². The fourth-order valence-electron chi connectivity index (χ4n) is 5.39. The molecule has 4 heterocycles. The molecule has 25 nitrogen and oxygen atoms in total. The first-order chi connectivity index (χ1) is 25.6. The summed E-state index contributed by atoms with van der Waals surface area (Å²) in [6.07, 6.45) is -17.4. The molecule has 4 rings (SSSR count). The van der Waals surface area contributed by atoms with E-state index in [0.29, 0.717) is 0 Å². The maximum Gasteiger partial charge on any atom is 0.483 e. The van der Waals surface area contributed by atoms with E-state index in [1.54, 1.807) is 0 Å². The fourth-order valence-corrected chi connectivity index (χ4v) is 7.54. The van der Waals surface area contributed by atoms with Crippen molar-refractivity contribution in [3.05, 3.63) is 12.7 Å². The maximum absolute atomic E-state index is 15.2. The minimum absolute atomic E-state index is 0.0170. The average molecular weight is 832 g/mol. The Bertz CT molecular complexity index is 1870. The second kappa shape index (κ2) is 17.7. The van der Waals surface area contributed by atoms with Gasteiger partial charge in [0.05, 0.1) is 12.9 Å². The van der Waals surface area contributed by atoms with Crippen molar-refractivity contribution in [3.8, 4) is 0 Å². The molecule has 0 amide bonds. The third-order valence-electron chi connectivity index (χ3n) is 7.37. The monoisotopic (exact) mass is 831 g/mol. The number of aliphatic hydroxyl groups excluding tert-OH is 1. The number of fused-ring (bicyclic) bond motifs is 1. The number of aromatic nitrogens is 4. The first-order valence-electron chi connectivity index (χ1n) is 15.7. The Morgan fingerprint density at radius 3 is 2.11 bits per heavy atom. The zero-order valence-electron chi connectivity index (χ0n) is 29.3. The number of esters is 5. The zero-order chi connectivity index (χ0) is 41.0. The van der Waals surface area contributed by atoms with Crippen LogP contribution in [0.4, 0.5) is 10.2 Å². The summed E-state index contributed by atoms with van der Waals surface area (Å²) < 4.78 is 93.1. The summed E-state index contributed by atoms with van der Waals surface area (Å²) in [4.78, 5) is 92.7. The second-order valence-corrected chi connectivity index (χ2v) is 14.6. The van der Waals surface area contributed by atoms with Gasteiger partial charge in [0.15, 0.2) is 48.3 Å². The molecule has 2 saturated heterocycles. The minimum Gasteiger partial charge on any atom is -0.462 e. The molecule has 0 aromatic carbocycles. The smallest absolute Gasteiger partial charge is 0.462 e. The third-order valence-corrected chi connectivity index (χ3v) is 9.97. The number of phosphoric ester groups is 2. The van der Waals surface area contributed by atoms with Gasteiger partial charge in [-0.15, -0.1) is 0 Å². The number of halogens is 1. The minimum atomic E-state index is -5.97. The Morgan fingerprint density at radius 2 is 1.51 bits per heavy atom. The van der Waals surface area contributed by atoms with Crippen molar-refractivity contribution >= 4 is 62.5 Å². The van der Waals surface area contributed by atoms with E-state index >= 15 is 4.39 Å². The second-order valence-electron chi connectivity index (χ2n) is 11.6. The van der Waals surface area contributed by atoms with Crippen LogP contribution in [0.15, 0.2) is 12.7 Å². The lowest BCUT2D eigenvalue weighted by molar-refractivity contribution is -0.301. The number of hydrogen-bond acceptors (Lipinski definition) is 22. The topological polar surface area (TPSA) is 342 Å². The first kappa shape index (κ1) is 43.5. The average Bonchev–Trinajstić information content (AvgIpc) is 3.60. The van der Waals surface area contributed by atoms with E-state index in [4.69, 9.17) is 47.9 Å². The Kier molecular flexibility index (Phi) is 14.0. The number of aliphatic hydroxyl groups is 1. The SMILES string of the molecule is CC(=O)OC[C@@H](OC(C)=O)C1OC(OP(=O)(O)OP(=O)(O)OC[C@H]2O[C@@H](n3cnc4c(N)ncnc43)[C@H](F)[C@@H]2O)C(OC(C)=O)C(OC(C)=O)C1OC(C)=O. The molecule has 306 valence electrons. The van der Waals surface area contributed by atoms with Crippen LogP contribution in [0.3, 0.4) is 0 Å². The molecule has 28 heteroatoms. The molecular weight excluding hydrogens is 795 g/mol. The number of anilines is 1. The Hall–Kier alpha value is -4.23. The zero-order valence-corrected chi connectivity index (χ0v) is 31.1. The molecule has 0 bridgehead atoms. The highest BCUT2D eigenvalue weighted by Gasteiger charge is 2.57. The largest absolute Gasteiger partial charge is 0.483 e. The van der Waals surface area contributed by atoms with Crippen LogP contribution in [0.1, 0.15) is 40.8 Å². The number of ether oxygens (including phenoxy) is 7. The molecule has 7 unspecified atom stereocenters. The molecule has 2 aromatic heterocycles. The van der Waals surface area contributed by atoms with Gasteiger partial charge < -0.3 is 53.8 Å². The Balaban J connectivity index is 1.57. The molecule has 0 saturated carbocycles. The molecule has 0 aliphatic carbocycles. The van der Waals surface area contributed by atoms with Gasteiger partial charge in [0, 0.05) is 34.6 Å². The number of carbonyl (C=O) groups excluding carboxylic acids is 5. The number of carbonyl (C=O) groups is 5. The van der Waals surface area contributed by atoms with Crippen molar-refractivity contribution < 1.29 is 98.9 Å². The fraction of sp³-hybridized carbons (Fsp3) is 0.630. The highest BCUT2D eigenvalue weighted by molar-refractivity contribution is 7.61. The first-order valence-corrected chi connectivity index (χ1v) is 18.7. The van der Waals surface area contributed by atoms with Gasteiger partial charge >= 0.3 is 45.5 Å². The number of imidazole rings is 1. The van der Waals surface area contributed by atoms with Crippen LogP contribution in [-0.4, -0.2) is 133 Å². The van der Waals surface area contributed by atoms with Crippen LogP contribution in [0.5, 0.6) is 0 Å². The van der Waals surface area contributed by atoms with E-state index in [2.05, 4.69) is 19.3 Å². The van der Waals surface area contributed by atoms with E-state index in [1.807, 2.05) is 0 Å². The van der Waals surface area contributed by atoms with Gasteiger partial charge in [0.2, 0.25) is 6.29 Å². The van der Waals surface area contributed by atoms with Crippen molar-refractivity contribution in [1.29, 1.82) is 0 Å². The van der Waals surface area contributed by atoms with Gasteiger partial charge in [-0.05, 0) is 0 Å². The highest BCUT2D eigenvalue weighted by atomic mass is 31.3. The summed E-state index contributed by atoms with van der Waals surface area (Å²) in [5, 5.41) is 10.5. The number of rotatable bonds is 15. The molecule has 12 atom stereocenters. The van der Waals surface area contributed by atoms with Gasteiger partial charge in [-0.3, -0.25) is 37.6 Å². The van der Waals surface area contributed by atoms with Crippen LogP contribution in [0.25, 0.3) is 11.2 Å².